The maximum atomic E-state index is 12.3. The van der Waals surface area contributed by atoms with Gasteiger partial charge >= 0.3 is 0 Å². The summed E-state index contributed by atoms with van der Waals surface area (Å²) in [5.74, 6) is 0.580. The summed E-state index contributed by atoms with van der Waals surface area (Å²) in [5.41, 5.74) is 7.74. The van der Waals surface area contributed by atoms with Gasteiger partial charge in [-0.2, -0.15) is 0 Å². The van der Waals surface area contributed by atoms with Crippen LogP contribution in [0.25, 0.3) is 0 Å². The molecule has 0 radical (unpaired) electrons. The number of halogens is 1. The SMILES string of the molecule is Cc1ccc(Br)c(C(=O)Nc2ccc(OCCN)cc2)c1. The van der Waals surface area contributed by atoms with Crippen molar-refractivity contribution in [2.75, 3.05) is 18.5 Å². The monoisotopic (exact) mass is 348 g/mol. The Bertz CT molecular complexity index is 627. The summed E-state index contributed by atoms with van der Waals surface area (Å²) in [4.78, 5) is 12.3. The fourth-order valence-corrected chi connectivity index (χ4v) is 2.25. The number of hydrogen-bond donors (Lipinski definition) is 2. The number of nitrogens with two attached hydrogens (primary N) is 1. The van der Waals surface area contributed by atoms with Gasteiger partial charge in [0, 0.05) is 16.7 Å². The molecule has 0 aliphatic carbocycles. The molecule has 2 aromatic rings. The first-order valence-corrected chi connectivity index (χ1v) is 7.40. The van der Waals surface area contributed by atoms with E-state index in [9.17, 15) is 4.79 Å². The largest absolute Gasteiger partial charge is 0.492 e. The highest BCUT2D eigenvalue weighted by molar-refractivity contribution is 9.10. The minimum atomic E-state index is -0.152. The number of anilines is 1. The summed E-state index contributed by atoms with van der Waals surface area (Å²) in [7, 11) is 0. The lowest BCUT2D eigenvalue weighted by Crippen LogP contribution is -2.13. The predicted molar refractivity (Wildman–Crippen MR) is 87.8 cm³/mol. The smallest absolute Gasteiger partial charge is 0.256 e. The van der Waals surface area contributed by atoms with E-state index in [4.69, 9.17) is 10.5 Å². The zero-order chi connectivity index (χ0) is 15.2. The minimum Gasteiger partial charge on any atom is -0.492 e. The molecule has 2 rings (SSSR count). The molecule has 1 amide bonds. The fourth-order valence-electron chi connectivity index (χ4n) is 1.82. The number of hydrogen-bond acceptors (Lipinski definition) is 3. The van der Waals surface area contributed by atoms with Gasteiger partial charge in [0.05, 0.1) is 5.56 Å². The van der Waals surface area contributed by atoms with Crippen molar-refractivity contribution in [2.24, 2.45) is 5.73 Å². The van der Waals surface area contributed by atoms with Crippen LogP contribution in [0.1, 0.15) is 15.9 Å². The highest BCUT2D eigenvalue weighted by Gasteiger charge is 2.10. The average molecular weight is 349 g/mol. The summed E-state index contributed by atoms with van der Waals surface area (Å²) in [6.45, 7) is 2.90. The molecule has 0 saturated heterocycles. The van der Waals surface area contributed by atoms with Gasteiger partial charge in [-0.25, -0.2) is 0 Å². The zero-order valence-electron chi connectivity index (χ0n) is 11.7. The summed E-state index contributed by atoms with van der Waals surface area (Å²) in [6, 6.07) is 12.9. The second-order valence-corrected chi connectivity index (χ2v) is 5.45. The molecule has 0 unspecified atom stereocenters. The first-order valence-electron chi connectivity index (χ1n) is 6.60. The Morgan fingerprint density at radius 3 is 2.62 bits per heavy atom. The van der Waals surface area contributed by atoms with E-state index in [1.54, 1.807) is 24.3 Å². The first kappa shape index (κ1) is 15.5. The molecule has 110 valence electrons. The van der Waals surface area contributed by atoms with Crippen molar-refractivity contribution in [3.8, 4) is 5.75 Å². The quantitative estimate of drug-likeness (QED) is 0.870. The number of benzene rings is 2. The van der Waals surface area contributed by atoms with Crippen molar-refractivity contribution in [1.82, 2.24) is 0 Å². The molecule has 5 heteroatoms. The fraction of sp³-hybridized carbons (Fsp3) is 0.188. The Morgan fingerprint density at radius 2 is 1.95 bits per heavy atom. The van der Waals surface area contributed by atoms with Crippen molar-refractivity contribution in [1.29, 1.82) is 0 Å². The minimum absolute atomic E-state index is 0.152. The van der Waals surface area contributed by atoms with Crippen molar-refractivity contribution in [3.63, 3.8) is 0 Å². The van der Waals surface area contributed by atoms with Gasteiger partial charge in [-0.05, 0) is 59.3 Å². The molecule has 0 aromatic heterocycles. The third-order valence-corrected chi connectivity index (χ3v) is 3.56. The van der Waals surface area contributed by atoms with Crippen LogP contribution in [0, 0.1) is 6.92 Å². The number of rotatable bonds is 5. The highest BCUT2D eigenvalue weighted by Crippen LogP contribution is 2.21. The number of ether oxygens (including phenoxy) is 1. The van der Waals surface area contributed by atoms with Crippen molar-refractivity contribution >= 4 is 27.5 Å². The summed E-state index contributed by atoms with van der Waals surface area (Å²) < 4.78 is 6.16. The Kier molecular flexibility index (Phi) is 5.36. The third-order valence-electron chi connectivity index (χ3n) is 2.87. The van der Waals surface area contributed by atoms with Gasteiger partial charge in [0.25, 0.3) is 5.91 Å². The normalized spacial score (nSPS) is 10.2. The molecule has 0 spiro atoms. The molecule has 4 nitrogen and oxygen atoms in total. The second-order valence-electron chi connectivity index (χ2n) is 4.60. The maximum Gasteiger partial charge on any atom is 0.256 e. The Morgan fingerprint density at radius 1 is 1.24 bits per heavy atom. The van der Waals surface area contributed by atoms with Crippen LogP contribution in [0.4, 0.5) is 5.69 Å². The molecule has 2 aromatic carbocycles. The predicted octanol–water partition coefficient (Wildman–Crippen LogP) is 3.35. The zero-order valence-corrected chi connectivity index (χ0v) is 13.3. The van der Waals surface area contributed by atoms with E-state index < -0.39 is 0 Å². The van der Waals surface area contributed by atoms with E-state index in [2.05, 4.69) is 21.2 Å². The second kappa shape index (κ2) is 7.24. The van der Waals surface area contributed by atoms with Crippen molar-refractivity contribution in [3.05, 3.63) is 58.1 Å². The van der Waals surface area contributed by atoms with Crippen LogP contribution < -0.4 is 15.8 Å². The summed E-state index contributed by atoms with van der Waals surface area (Å²) in [5, 5.41) is 2.86. The van der Waals surface area contributed by atoms with E-state index in [1.807, 2.05) is 25.1 Å². The average Bonchev–Trinajstić information content (AvgIpc) is 2.49. The van der Waals surface area contributed by atoms with Gasteiger partial charge in [0.15, 0.2) is 0 Å². The van der Waals surface area contributed by atoms with Crippen LogP contribution >= 0.6 is 15.9 Å². The lowest BCUT2D eigenvalue weighted by atomic mass is 10.1. The van der Waals surface area contributed by atoms with E-state index in [0.717, 1.165) is 15.8 Å². The number of amides is 1. The Labute approximate surface area is 132 Å². The van der Waals surface area contributed by atoms with Crippen LogP contribution in [-0.4, -0.2) is 19.1 Å². The van der Waals surface area contributed by atoms with Crippen molar-refractivity contribution < 1.29 is 9.53 Å². The summed E-state index contributed by atoms with van der Waals surface area (Å²) in [6.07, 6.45) is 0. The van der Waals surface area contributed by atoms with Crippen LogP contribution in [0.2, 0.25) is 0 Å². The number of carbonyl (C=O) groups excluding carboxylic acids is 1. The molecule has 21 heavy (non-hydrogen) atoms. The Balaban J connectivity index is 2.07. The molecule has 0 aliphatic rings. The highest BCUT2D eigenvalue weighted by atomic mass is 79.9. The first-order chi connectivity index (χ1) is 10.1. The number of aryl methyl sites for hydroxylation is 1. The topological polar surface area (TPSA) is 64.3 Å². The van der Waals surface area contributed by atoms with Gasteiger partial charge in [-0.1, -0.05) is 11.6 Å². The lowest BCUT2D eigenvalue weighted by molar-refractivity contribution is 0.102. The number of carbonyl (C=O) groups is 1. The number of nitrogens with one attached hydrogen (secondary N) is 1. The van der Waals surface area contributed by atoms with Gasteiger partial charge in [-0.3, -0.25) is 4.79 Å². The molecule has 0 fully saturated rings. The molecular weight excluding hydrogens is 332 g/mol. The molecule has 0 atom stereocenters. The molecule has 0 heterocycles. The van der Waals surface area contributed by atoms with E-state index >= 15 is 0 Å². The van der Waals surface area contributed by atoms with Gasteiger partial charge in [0.1, 0.15) is 12.4 Å². The molecule has 0 aliphatic heterocycles. The third kappa shape index (κ3) is 4.31. The standard InChI is InChI=1S/C16H17BrN2O2/c1-11-2-7-15(17)14(10-11)16(20)19-12-3-5-13(6-4-12)21-9-8-18/h2-7,10H,8-9,18H2,1H3,(H,19,20). The molecule has 3 N–H and O–H groups in total. The summed E-state index contributed by atoms with van der Waals surface area (Å²) >= 11 is 3.39. The van der Waals surface area contributed by atoms with Crippen LogP contribution in [0.15, 0.2) is 46.9 Å². The molecule has 0 saturated carbocycles. The lowest BCUT2D eigenvalue weighted by Gasteiger charge is -2.09. The van der Waals surface area contributed by atoms with Gasteiger partial charge in [-0.15, -0.1) is 0 Å². The van der Waals surface area contributed by atoms with Crippen LogP contribution in [-0.2, 0) is 0 Å². The molecular formula is C16H17BrN2O2. The van der Waals surface area contributed by atoms with E-state index in [1.165, 1.54) is 0 Å². The van der Waals surface area contributed by atoms with E-state index in [0.29, 0.717) is 24.4 Å². The Hall–Kier alpha value is -1.85. The molecule has 0 bridgehead atoms. The maximum absolute atomic E-state index is 12.3. The van der Waals surface area contributed by atoms with Gasteiger partial charge in [0.2, 0.25) is 0 Å². The van der Waals surface area contributed by atoms with Gasteiger partial charge < -0.3 is 15.8 Å². The van der Waals surface area contributed by atoms with Crippen molar-refractivity contribution in [2.45, 2.75) is 6.92 Å². The van der Waals surface area contributed by atoms with E-state index in [-0.39, 0.29) is 5.91 Å². The van der Waals surface area contributed by atoms with Crippen LogP contribution in [0.3, 0.4) is 0 Å². The van der Waals surface area contributed by atoms with Crippen LogP contribution in [0.5, 0.6) is 5.75 Å².